The van der Waals surface area contributed by atoms with Gasteiger partial charge in [0.15, 0.2) is 0 Å². The second kappa shape index (κ2) is 8.76. The van der Waals surface area contributed by atoms with Crippen molar-refractivity contribution >= 4 is 60.2 Å². The van der Waals surface area contributed by atoms with E-state index in [0.717, 1.165) is 21.4 Å². The van der Waals surface area contributed by atoms with Crippen LogP contribution in [0.2, 0.25) is 5.02 Å². The van der Waals surface area contributed by atoms with E-state index >= 15 is 0 Å². The summed E-state index contributed by atoms with van der Waals surface area (Å²) in [5, 5.41) is 4.43. The van der Waals surface area contributed by atoms with E-state index in [1.807, 2.05) is 6.07 Å². The molecule has 6 rings (SSSR count). The van der Waals surface area contributed by atoms with Gasteiger partial charge in [-0.15, -0.1) is 0 Å². The van der Waals surface area contributed by atoms with Gasteiger partial charge in [-0.25, -0.2) is 0 Å². The minimum Gasteiger partial charge on any atom is -0.315 e. The molecule has 0 fully saturated rings. The van der Waals surface area contributed by atoms with Gasteiger partial charge in [0.05, 0.1) is 16.6 Å². The fraction of sp³-hybridized carbons (Fsp3) is 0.235. The third-order valence-corrected chi connectivity index (χ3v) is 8.41. The van der Waals surface area contributed by atoms with E-state index in [1.165, 1.54) is 38.3 Å². The number of rotatable bonds is 2. The highest BCUT2D eigenvalue weighted by Crippen LogP contribution is 2.39. The Morgan fingerprint density at radius 1 is 0.605 bits per heavy atom. The van der Waals surface area contributed by atoms with Crippen LogP contribution in [0.5, 0.6) is 0 Å². The Hall–Kier alpha value is -3.01. The van der Waals surface area contributed by atoms with Gasteiger partial charge >= 0.3 is 0 Å². The van der Waals surface area contributed by atoms with Crippen molar-refractivity contribution in [3.63, 3.8) is 0 Å². The second-order valence-corrected chi connectivity index (χ2v) is 13.6. The molecule has 0 aliphatic rings. The van der Waals surface area contributed by atoms with Gasteiger partial charge in [0.2, 0.25) is 0 Å². The number of hydrogen-bond acceptors (Lipinski definition) is 0. The molecule has 0 aliphatic heterocycles. The van der Waals surface area contributed by atoms with Crippen LogP contribution in [0.4, 0.5) is 0 Å². The Morgan fingerprint density at radius 2 is 1.16 bits per heavy atom. The third kappa shape index (κ3) is 4.17. The van der Waals surface area contributed by atoms with Gasteiger partial charge in [-0.3, -0.25) is 0 Å². The van der Waals surface area contributed by atoms with Crippen LogP contribution in [0.3, 0.4) is 0 Å². The molecule has 0 atom stereocenters. The summed E-state index contributed by atoms with van der Waals surface area (Å²) < 4.78 is 5.63. The molecule has 0 spiro atoms. The van der Waals surface area contributed by atoms with Crippen molar-refractivity contribution in [2.45, 2.75) is 52.4 Å². The molecule has 2 aromatic heterocycles. The Labute approximate surface area is 238 Å². The van der Waals surface area contributed by atoms with Crippen molar-refractivity contribution in [2.75, 3.05) is 0 Å². The van der Waals surface area contributed by atoms with Gasteiger partial charge in [-0.2, -0.15) is 0 Å². The smallest absolute Gasteiger partial charge is 0.0541 e. The summed E-state index contributed by atoms with van der Waals surface area (Å²) in [4.78, 5) is 0. The zero-order valence-electron chi connectivity index (χ0n) is 22.7. The Morgan fingerprint density at radius 3 is 1.74 bits per heavy atom. The highest BCUT2D eigenvalue weighted by atomic mass is 79.9. The van der Waals surface area contributed by atoms with Crippen molar-refractivity contribution in [1.29, 1.82) is 0 Å². The summed E-state index contributed by atoms with van der Waals surface area (Å²) in [6, 6.07) is 28.6. The summed E-state index contributed by atoms with van der Waals surface area (Å²) in [7, 11) is 0. The quantitative estimate of drug-likeness (QED) is 0.192. The van der Waals surface area contributed by atoms with E-state index in [1.54, 1.807) is 0 Å². The van der Waals surface area contributed by atoms with Crippen molar-refractivity contribution < 1.29 is 0 Å². The summed E-state index contributed by atoms with van der Waals surface area (Å²) >= 11 is 10.6. The molecule has 4 aromatic carbocycles. The number of fused-ring (bicyclic) bond motifs is 4. The minimum absolute atomic E-state index is 0.0658. The van der Waals surface area contributed by atoms with Crippen LogP contribution >= 0.6 is 27.5 Å². The van der Waals surface area contributed by atoms with Gasteiger partial charge < -0.3 is 9.13 Å². The van der Waals surface area contributed by atoms with E-state index in [2.05, 4.69) is 146 Å². The maximum absolute atomic E-state index is 6.81. The van der Waals surface area contributed by atoms with Crippen LogP contribution in [0.25, 0.3) is 44.1 Å². The predicted molar refractivity (Wildman–Crippen MR) is 168 cm³/mol. The molecule has 0 unspecified atom stereocenters. The molecule has 38 heavy (non-hydrogen) atoms. The molecule has 4 heteroatoms. The van der Waals surface area contributed by atoms with Crippen LogP contribution in [0.1, 0.15) is 52.7 Å². The zero-order chi connectivity index (χ0) is 27.0. The third-order valence-electron chi connectivity index (χ3n) is 7.56. The molecule has 2 heterocycles. The fourth-order valence-corrected chi connectivity index (χ4v) is 6.18. The van der Waals surface area contributed by atoms with Crippen molar-refractivity contribution in [3.05, 3.63) is 106 Å². The Balaban J connectivity index is 1.66. The first-order valence-electron chi connectivity index (χ1n) is 13.1. The van der Waals surface area contributed by atoms with E-state index in [-0.39, 0.29) is 10.8 Å². The molecule has 0 bridgehead atoms. The van der Waals surface area contributed by atoms with E-state index in [0.29, 0.717) is 5.02 Å². The summed E-state index contributed by atoms with van der Waals surface area (Å²) in [6.45, 7) is 13.6. The Kier molecular flexibility index (Phi) is 5.83. The normalized spacial score (nSPS) is 12.7. The average molecular weight is 584 g/mol. The lowest BCUT2D eigenvalue weighted by atomic mass is 9.85. The first-order valence-corrected chi connectivity index (χ1v) is 14.2. The lowest BCUT2D eigenvalue weighted by Crippen LogP contribution is -2.10. The first kappa shape index (κ1) is 25.3. The molecule has 0 aliphatic carbocycles. The molecule has 0 N–H and O–H groups in total. The highest BCUT2D eigenvalue weighted by molar-refractivity contribution is 9.10. The predicted octanol–water partition coefficient (Wildman–Crippen LogP) is 10.7. The summed E-state index contributed by atoms with van der Waals surface area (Å²) in [5.41, 5.74) is 8.39. The summed E-state index contributed by atoms with van der Waals surface area (Å²) in [6.07, 6.45) is 2.12. The molecule has 0 saturated heterocycles. The van der Waals surface area contributed by atoms with Crippen LogP contribution in [-0.2, 0) is 10.8 Å². The molecule has 0 saturated carbocycles. The van der Waals surface area contributed by atoms with E-state index < -0.39 is 0 Å². The molecule has 0 amide bonds. The average Bonchev–Trinajstić information content (AvgIpc) is 3.37. The topological polar surface area (TPSA) is 9.86 Å². The Bertz CT molecular complexity index is 1790. The number of halogens is 2. The van der Waals surface area contributed by atoms with Crippen molar-refractivity contribution in [2.24, 2.45) is 0 Å². The summed E-state index contributed by atoms with van der Waals surface area (Å²) in [5.74, 6) is 0. The van der Waals surface area contributed by atoms with Gasteiger partial charge in [0.1, 0.15) is 0 Å². The van der Waals surface area contributed by atoms with E-state index in [9.17, 15) is 0 Å². The van der Waals surface area contributed by atoms with Crippen LogP contribution in [0, 0.1) is 0 Å². The van der Waals surface area contributed by atoms with Gasteiger partial charge in [0, 0.05) is 43.2 Å². The van der Waals surface area contributed by atoms with Crippen LogP contribution < -0.4 is 0 Å². The lowest BCUT2D eigenvalue weighted by molar-refractivity contribution is 0.590. The molecule has 2 nitrogen and oxygen atoms in total. The monoisotopic (exact) mass is 582 g/mol. The SMILES string of the molecule is CC(C)(C)c1ccc2c(c1)c1cc(C(C)(C)C)ccc1n2-c1cc(Cl)cc(-n2cc(Br)c3ccccc32)c1. The van der Waals surface area contributed by atoms with Gasteiger partial charge in [-0.1, -0.05) is 83.5 Å². The van der Waals surface area contributed by atoms with Crippen molar-refractivity contribution in [3.8, 4) is 11.4 Å². The van der Waals surface area contributed by atoms with E-state index in [4.69, 9.17) is 11.6 Å². The molecule has 6 aromatic rings. The van der Waals surface area contributed by atoms with Crippen LogP contribution in [-0.4, -0.2) is 9.13 Å². The minimum atomic E-state index is 0.0658. The van der Waals surface area contributed by atoms with Crippen molar-refractivity contribution in [1.82, 2.24) is 9.13 Å². The number of nitrogens with zero attached hydrogens (tertiary/aromatic N) is 2. The number of aromatic nitrogens is 2. The second-order valence-electron chi connectivity index (χ2n) is 12.3. The fourth-order valence-electron chi connectivity index (χ4n) is 5.41. The number of hydrogen-bond donors (Lipinski definition) is 0. The maximum Gasteiger partial charge on any atom is 0.0541 e. The number of para-hydroxylation sites is 1. The number of benzene rings is 4. The first-order chi connectivity index (χ1) is 17.9. The molecule has 192 valence electrons. The maximum atomic E-state index is 6.81. The highest BCUT2D eigenvalue weighted by Gasteiger charge is 2.21. The standard InChI is InChI=1S/C34H32BrClN2/c1-33(2,3)21-11-13-31-27(15-21)28-16-22(34(4,5)6)12-14-32(28)38(31)25-18-23(36)17-24(19-25)37-20-29(35)26-9-7-8-10-30(26)37/h7-20H,1-6H3. The van der Waals surface area contributed by atoms with Crippen LogP contribution in [0.15, 0.2) is 89.5 Å². The van der Waals surface area contributed by atoms with Gasteiger partial charge in [-0.05, 0) is 86.4 Å². The molecule has 0 radical (unpaired) electrons. The lowest BCUT2D eigenvalue weighted by Gasteiger charge is -2.19. The largest absolute Gasteiger partial charge is 0.315 e. The zero-order valence-corrected chi connectivity index (χ0v) is 25.1. The van der Waals surface area contributed by atoms with Gasteiger partial charge in [0.25, 0.3) is 0 Å². The molecular weight excluding hydrogens is 552 g/mol. The molecular formula is C34H32BrClN2.